The van der Waals surface area contributed by atoms with Crippen molar-refractivity contribution in [3.05, 3.63) is 46.4 Å². The van der Waals surface area contributed by atoms with Crippen LogP contribution >= 0.6 is 0 Å². The van der Waals surface area contributed by atoms with Gasteiger partial charge in [-0.3, -0.25) is 14.2 Å². The standard InChI is InChI=1S/C29H35N5O7/c1-41-20-7-5-18(6-8-20)21-17-30-25-23(31-21)24(36)22(26(37)32-29(28(39)40)11-3-2-4-12-29)27(38)34(25)16-15-33-13-9-19(35)10-14-33/h5-8,17,19,35-36H,2-4,9-16H2,1H3,(H,32,37)(H,39,40). The number of aromatic hydroxyl groups is 1. The molecule has 12 heteroatoms. The van der Waals surface area contributed by atoms with Crippen LogP contribution in [-0.4, -0.2) is 85.0 Å². The number of aliphatic carboxylic acids is 1. The molecule has 41 heavy (non-hydrogen) atoms. The quantitative estimate of drug-likeness (QED) is 0.318. The predicted octanol–water partition coefficient (Wildman–Crippen LogP) is 2.15. The molecule has 0 unspecified atom stereocenters. The molecular weight excluding hydrogens is 530 g/mol. The van der Waals surface area contributed by atoms with Crippen LogP contribution in [0.2, 0.25) is 0 Å². The van der Waals surface area contributed by atoms with E-state index in [4.69, 9.17) is 4.74 Å². The zero-order valence-electron chi connectivity index (χ0n) is 23.0. The number of benzene rings is 1. The third kappa shape index (κ3) is 5.75. The van der Waals surface area contributed by atoms with Crippen molar-refractivity contribution in [1.82, 2.24) is 24.8 Å². The summed E-state index contributed by atoms with van der Waals surface area (Å²) in [5, 5.41) is 33.7. The Kier molecular flexibility index (Phi) is 8.22. The smallest absolute Gasteiger partial charge is 0.329 e. The van der Waals surface area contributed by atoms with E-state index in [0.29, 0.717) is 62.3 Å². The van der Waals surface area contributed by atoms with Gasteiger partial charge in [0, 0.05) is 31.7 Å². The number of rotatable bonds is 8. The highest BCUT2D eigenvalue weighted by Crippen LogP contribution is 2.31. The molecule has 1 aromatic carbocycles. The summed E-state index contributed by atoms with van der Waals surface area (Å²) in [5.41, 5.74) is -1.67. The Hall–Kier alpha value is -4.03. The van der Waals surface area contributed by atoms with Crippen molar-refractivity contribution in [1.29, 1.82) is 0 Å². The van der Waals surface area contributed by atoms with E-state index in [-0.39, 0.29) is 36.7 Å². The van der Waals surface area contributed by atoms with Crippen LogP contribution in [0.5, 0.6) is 11.5 Å². The van der Waals surface area contributed by atoms with E-state index in [2.05, 4.69) is 20.2 Å². The Morgan fingerprint density at radius 3 is 2.41 bits per heavy atom. The second-order valence-electron chi connectivity index (χ2n) is 10.8. The maximum atomic E-state index is 13.8. The summed E-state index contributed by atoms with van der Waals surface area (Å²) < 4.78 is 6.53. The van der Waals surface area contributed by atoms with Crippen molar-refractivity contribution in [3.8, 4) is 22.8 Å². The van der Waals surface area contributed by atoms with E-state index in [9.17, 15) is 29.7 Å². The van der Waals surface area contributed by atoms with Crippen LogP contribution in [0.3, 0.4) is 0 Å². The first-order valence-electron chi connectivity index (χ1n) is 14.0. The predicted molar refractivity (Wildman–Crippen MR) is 150 cm³/mol. The van der Waals surface area contributed by atoms with Gasteiger partial charge < -0.3 is 30.3 Å². The van der Waals surface area contributed by atoms with Gasteiger partial charge in [-0.15, -0.1) is 0 Å². The topological polar surface area (TPSA) is 167 Å². The SMILES string of the molecule is COc1ccc(-c2cnc3c(n2)c(O)c(C(=O)NC2(C(=O)O)CCCCC2)c(=O)n3CCN2CCC(O)CC2)cc1. The number of hydrogen-bond acceptors (Lipinski definition) is 9. The summed E-state index contributed by atoms with van der Waals surface area (Å²) in [6.45, 7) is 1.93. The van der Waals surface area contributed by atoms with Gasteiger partial charge in [-0.05, 0) is 49.9 Å². The number of carboxylic acid groups (broad SMARTS) is 1. The minimum Gasteiger partial charge on any atom is -0.505 e. The molecule has 2 fully saturated rings. The monoisotopic (exact) mass is 565 g/mol. The maximum absolute atomic E-state index is 13.8. The van der Waals surface area contributed by atoms with Crippen LogP contribution in [0, 0.1) is 0 Å². The summed E-state index contributed by atoms with van der Waals surface area (Å²) in [5.74, 6) is -2.11. The van der Waals surface area contributed by atoms with Crippen molar-refractivity contribution in [2.45, 2.75) is 63.1 Å². The number of aliphatic hydroxyl groups is 1. The second kappa shape index (κ2) is 11.8. The van der Waals surface area contributed by atoms with Gasteiger partial charge in [-0.1, -0.05) is 19.3 Å². The number of carbonyl (C=O) groups is 2. The molecule has 4 N–H and O–H groups in total. The fraction of sp³-hybridized carbons (Fsp3) is 0.483. The molecular formula is C29H35N5O7. The average Bonchev–Trinajstić information content (AvgIpc) is 2.98. The molecule has 1 aliphatic carbocycles. The van der Waals surface area contributed by atoms with Crippen LogP contribution in [0.15, 0.2) is 35.3 Å². The lowest BCUT2D eigenvalue weighted by atomic mass is 9.81. The molecule has 0 bridgehead atoms. The average molecular weight is 566 g/mol. The minimum absolute atomic E-state index is 0.0369. The summed E-state index contributed by atoms with van der Waals surface area (Å²) in [6.07, 6.45) is 4.99. The Morgan fingerprint density at radius 1 is 1.10 bits per heavy atom. The molecule has 3 aromatic rings. The maximum Gasteiger partial charge on any atom is 0.329 e. The van der Waals surface area contributed by atoms with E-state index in [1.54, 1.807) is 31.4 Å². The number of piperidine rings is 1. The van der Waals surface area contributed by atoms with Crippen LogP contribution in [-0.2, 0) is 11.3 Å². The number of hydrogen-bond donors (Lipinski definition) is 4. The molecule has 12 nitrogen and oxygen atoms in total. The largest absolute Gasteiger partial charge is 0.505 e. The number of fused-ring (bicyclic) bond motifs is 1. The number of carbonyl (C=O) groups excluding carboxylic acids is 1. The van der Waals surface area contributed by atoms with Crippen molar-refractivity contribution in [3.63, 3.8) is 0 Å². The molecule has 1 saturated carbocycles. The molecule has 3 heterocycles. The number of likely N-dealkylation sites (tertiary alicyclic amines) is 1. The summed E-state index contributed by atoms with van der Waals surface area (Å²) in [7, 11) is 1.56. The van der Waals surface area contributed by atoms with Gasteiger partial charge in [-0.25, -0.2) is 14.8 Å². The molecule has 5 rings (SSSR count). The van der Waals surface area contributed by atoms with Gasteiger partial charge >= 0.3 is 5.97 Å². The number of carboxylic acids is 1. The Bertz CT molecular complexity index is 1490. The fourth-order valence-corrected chi connectivity index (χ4v) is 5.71. The number of aliphatic hydroxyl groups excluding tert-OH is 1. The molecule has 2 aliphatic rings. The van der Waals surface area contributed by atoms with Gasteiger partial charge in [0.15, 0.2) is 11.4 Å². The first kappa shape index (κ1) is 28.5. The number of nitrogens with one attached hydrogen (secondary N) is 1. The summed E-state index contributed by atoms with van der Waals surface area (Å²) in [4.78, 5) is 50.8. The highest BCUT2D eigenvalue weighted by molar-refractivity contribution is 6.03. The third-order valence-electron chi connectivity index (χ3n) is 8.21. The lowest BCUT2D eigenvalue weighted by Crippen LogP contribution is -2.56. The van der Waals surface area contributed by atoms with Crippen molar-refractivity contribution in [2.24, 2.45) is 0 Å². The molecule has 1 amide bonds. The minimum atomic E-state index is -1.51. The Balaban J connectivity index is 1.58. The van der Waals surface area contributed by atoms with E-state index in [1.807, 2.05) is 0 Å². The van der Waals surface area contributed by atoms with Crippen molar-refractivity contribution < 1.29 is 29.6 Å². The van der Waals surface area contributed by atoms with Crippen LogP contribution < -0.4 is 15.6 Å². The van der Waals surface area contributed by atoms with Gasteiger partial charge in [0.1, 0.15) is 22.4 Å². The number of amides is 1. The van der Waals surface area contributed by atoms with Crippen molar-refractivity contribution in [2.75, 3.05) is 26.7 Å². The van der Waals surface area contributed by atoms with Crippen LogP contribution in [0.4, 0.5) is 0 Å². The van der Waals surface area contributed by atoms with Gasteiger partial charge in [0.2, 0.25) is 0 Å². The lowest BCUT2D eigenvalue weighted by molar-refractivity contribution is -0.145. The molecule has 2 aromatic heterocycles. The number of ether oxygens (including phenoxy) is 1. The zero-order chi connectivity index (χ0) is 29.1. The molecule has 0 atom stereocenters. The Morgan fingerprint density at radius 2 is 1.78 bits per heavy atom. The van der Waals surface area contributed by atoms with E-state index < -0.39 is 34.3 Å². The van der Waals surface area contributed by atoms with Gasteiger partial charge in [-0.2, -0.15) is 0 Å². The van der Waals surface area contributed by atoms with Crippen LogP contribution in [0.25, 0.3) is 22.4 Å². The highest BCUT2D eigenvalue weighted by atomic mass is 16.5. The second-order valence-corrected chi connectivity index (χ2v) is 10.8. The van der Waals surface area contributed by atoms with E-state index in [0.717, 1.165) is 6.42 Å². The van der Waals surface area contributed by atoms with E-state index in [1.165, 1.54) is 10.8 Å². The first-order valence-corrected chi connectivity index (χ1v) is 14.0. The molecule has 0 spiro atoms. The van der Waals surface area contributed by atoms with E-state index >= 15 is 0 Å². The molecule has 218 valence electrons. The molecule has 0 radical (unpaired) electrons. The van der Waals surface area contributed by atoms with Crippen LogP contribution in [0.1, 0.15) is 55.3 Å². The normalized spacial score (nSPS) is 17.8. The van der Waals surface area contributed by atoms with Crippen molar-refractivity contribution >= 4 is 23.0 Å². The number of nitrogens with zero attached hydrogens (tertiary/aromatic N) is 4. The molecule has 1 aliphatic heterocycles. The lowest BCUT2D eigenvalue weighted by Gasteiger charge is -2.34. The third-order valence-corrected chi connectivity index (χ3v) is 8.21. The number of pyridine rings is 1. The number of aromatic nitrogens is 3. The fourth-order valence-electron chi connectivity index (χ4n) is 5.71. The summed E-state index contributed by atoms with van der Waals surface area (Å²) >= 11 is 0. The summed E-state index contributed by atoms with van der Waals surface area (Å²) in [6, 6.07) is 7.07. The number of methoxy groups -OCH3 is 1. The molecule has 1 saturated heterocycles. The highest BCUT2D eigenvalue weighted by Gasteiger charge is 2.42. The van der Waals surface area contributed by atoms with Gasteiger partial charge in [0.05, 0.1) is 25.1 Å². The zero-order valence-corrected chi connectivity index (χ0v) is 23.0. The van der Waals surface area contributed by atoms with Gasteiger partial charge in [0.25, 0.3) is 11.5 Å². The first-order chi connectivity index (χ1) is 19.7. The Labute approximate surface area is 236 Å².